The number of fused-ring (bicyclic) bond motifs is 1. The number of rotatable bonds is 3. The first-order valence-corrected chi connectivity index (χ1v) is 9.84. The van der Waals surface area contributed by atoms with Crippen LogP contribution in [0.25, 0.3) is 0 Å². The van der Waals surface area contributed by atoms with Crippen molar-refractivity contribution in [3.05, 3.63) is 82.3 Å². The molecular formula is C22H19ClN4O2. The predicted molar refractivity (Wildman–Crippen MR) is 110 cm³/mol. The Balaban J connectivity index is 1.56. The highest BCUT2D eigenvalue weighted by Gasteiger charge is 2.39. The number of Topliss-reactive ketones (excluding diaryl/α,β-unsaturated/α-hetero) is 1. The molecule has 3 aromatic rings. The summed E-state index contributed by atoms with van der Waals surface area (Å²) < 4.78 is 7.01. The Morgan fingerprint density at radius 2 is 1.97 bits per heavy atom. The molecule has 0 bridgehead atoms. The van der Waals surface area contributed by atoms with E-state index in [1.807, 2.05) is 48.5 Å². The van der Waals surface area contributed by atoms with Crippen LogP contribution in [0.5, 0.6) is 5.75 Å². The number of hydrogen-bond acceptors (Lipinski definition) is 5. The van der Waals surface area contributed by atoms with Crippen molar-refractivity contribution < 1.29 is 9.53 Å². The zero-order valence-electron chi connectivity index (χ0n) is 15.8. The van der Waals surface area contributed by atoms with Gasteiger partial charge in [-0.1, -0.05) is 35.9 Å². The third kappa shape index (κ3) is 3.09. The molecule has 0 saturated heterocycles. The number of methoxy groups -OCH3 is 1. The van der Waals surface area contributed by atoms with E-state index in [2.05, 4.69) is 15.4 Å². The molecule has 0 saturated carbocycles. The SMILES string of the molecule is COc1ccc([C@@H]2CC(=O)C3=C(C2)Nc2ncnn2[C@@H]3c2cccc(Cl)c2)cc1. The summed E-state index contributed by atoms with van der Waals surface area (Å²) in [6.07, 6.45) is 2.69. The second kappa shape index (κ2) is 7.04. The van der Waals surface area contributed by atoms with E-state index in [0.29, 0.717) is 17.4 Å². The standard InChI is InChI=1S/C22H19ClN4O2/c1-29-17-7-5-13(6-8-17)15-10-18-20(19(28)11-15)21(14-3-2-4-16(23)9-14)27-22(26-18)24-12-25-27/h2-9,12,15,21H,10-11H2,1H3,(H,24,25,26)/t15-,21+/m0/s1. The second-order valence-electron chi connectivity index (χ2n) is 7.30. The number of ketones is 1. The lowest BCUT2D eigenvalue weighted by atomic mass is 9.78. The summed E-state index contributed by atoms with van der Waals surface area (Å²) >= 11 is 6.23. The Morgan fingerprint density at radius 1 is 1.14 bits per heavy atom. The van der Waals surface area contributed by atoms with Crippen molar-refractivity contribution in [2.45, 2.75) is 24.8 Å². The minimum atomic E-state index is -0.327. The Kier molecular flexibility index (Phi) is 4.36. The minimum Gasteiger partial charge on any atom is -0.497 e. The van der Waals surface area contributed by atoms with E-state index in [-0.39, 0.29) is 17.7 Å². The van der Waals surface area contributed by atoms with Crippen LogP contribution < -0.4 is 10.1 Å². The maximum atomic E-state index is 13.3. The fourth-order valence-electron chi connectivity index (χ4n) is 4.25. The molecule has 2 aliphatic rings. The number of nitrogens with one attached hydrogen (secondary N) is 1. The van der Waals surface area contributed by atoms with E-state index in [0.717, 1.165) is 34.6 Å². The van der Waals surface area contributed by atoms with Crippen LogP contribution in [0.1, 0.15) is 35.9 Å². The van der Waals surface area contributed by atoms with Gasteiger partial charge in [0.05, 0.1) is 7.11 Å². The second-order valence-corrected chi connectivity index (χ2v) is 7.74. The molecule has 0 spiro atoms. The van der Waals surface area contributed by atoms with Gasteiger partial charge in [0.2, 0.25) is 5.95 Å². The molecule has 5 rings (SSSR count). The number of aromatic nitrogens is 3. The highest BCUT2D eigenvalue weighted by Crippen LogP contribution is 2.44. The number of hydrogen-bond donors (Lipinski definition) is 1. The van der Waals surface area contributed by atoms with Gasteiger partial charge in [-0.05, 0) is 47.7 Å². The van der Waals surface area contributed by atoms with Crippen LogP contribution in [0, 0.1) is 0 Å². The summed E-state index contributed by atoms with van der Waals surface area (Å²) in [6, 6.07) is 15.2. The number of anilines is 1. The van der Waals surface area contributed by atoms with E-state index in [1.165, 1.54) is 6.33 Å². The maximum absolute atomic E-state index is 13.3. The van der Waals surface area contributed by atoms with Crippen molar-refractivity contribution >= 4 is 23.3 Å². The van der Waals surface area contributed by atoms with E-state index in [4.69, 9.17) is 16.3 Å². The number of carbonyl (C=O) groups excluding carboxylic acids is 1. The fraction of sp³-hybridized carbons (Fsp3) is 0.227. The summed E-state index contributed by atoms with van der Waals surface area (Å²) in [6.45, 7) is 0. The van der Waals surface area contributed by atoms with Crippen LogP contribution in [0.3, 0.4) is 0 Å². The molecule has 2 aromatic carbocycles. The van der Waals surface area contributed by atoms with Gasteiger partial charge in [-0.25, -0.2) is 4.68 Å². The molecule has 7 heteroatoms. The molecule has 29 heavy (non-hydrogen) atoms. The number of halogens is 1. The van der Waals surface area contributed by atoms with Gasteiger partial charge in [0.25, 0.3) is 0 Å². The van der Waals surface area contributed by atoms with E-state index >= 15 is 0 Å². The topological polar surface area (TPSA) is 69.0 Å². The average molecular weight is 407 g/mol. The Hall–Kier alpha value is -3.12. The zero-order valence-corrected chi connectivity index (χ0v) is 16.6. The third-order valence-corrected chi connectivity index (χ3v) is 5.85. The van der Waals surface area contributed by atoms with Gasteiger partial charge < -0.3 is 10.1 Å². The van der Waals surface area contributed by atoms with Gasteiger partial charge in [-0.3, -0.25) is 4.79 Å². The van der Waals surface area contributed by atoms with Crippen molar-refractivity contribution in [3.63, 3.8) is 0 Å². The summed E-state index contributed by atoms with van der Waals surface area (Å²) in [5, 5.41) is 8.33. The molecule has 0 radical (unpaired) electrons. The van der Waals surface area contributed by atoms with E-state index < -0.39 is 0 Å². The van der Waals surface area contributed by atoms with Gasteiger partial charge in [0.1, 0.15) is 18.1 Å². The lowest BCUT2D eigenvalue weighted by Crippen LogP contribution is -2.33. The van der Waals surface area contributed by atoms with E-state index in [1.54, 1.807) is 11.8 Å². The van der Waals surface area contributed by atoms with Crippen LogP contribution in [-0.4, -0.2) is 27.7 Å². The quantitative estimate of drug-likeness (QED) is 0.700. The molecule has 1 aliphatic carbocycles. The number of carbonyl (C=O) groups is 1. The first-order valence-electron chi connectivity index (χ1n) is 9.46. The molecule has 1 aliphatic heterocycles. The molecule has 1 N–H and O–H groups in total. The molecule has 2 heterocycles. The largest absolute Gasteiger partial charge is 0.497 e. The van der Waals surface area contributed by atoms with Crippen molar-refractivity contribution in [2.75, 3.05) is 12.4 Å². The summed E-state index contributed by atoms with van der Waals surface area (Å²) in [7, 11) is 1.65. The minimum absolute atomic E-state index is 0.106. The normalized spacial score (nSPS) is 20.7. The highest BCUT2D eigenvalue weighted by atomic mass is 35.5. The smallest absolute Gasteiger partial charge is 0.226 e. The third-order valence-electron chi connectivity index (χ3n) is 5.61. The number of allylic oxidation sites excluding steroid dienone is 2. The van der Waals surface area contributed by atoms with Crippen molar-refractivity contribution in [1.29, 1.82) is 0 Å². The van der Waals surface area contributed by atoms with Crippen LogP contribution >= 0.6 is 11.6 Å². The first-order chi connectivity index (χ1) is 14.1. The van der Waals surface area contributed by atoms with Gasteiger partial charge in [0, 0.05) is 22.7 Å². The van der Waals surface area contributed by atoms with Crippen molar-refractivity contribution in [1.82, 2.24) is 14.8 Å². The number of ether oxygens (including phenoxy) is 1. The molecule has 0 fully saturated rings. The van der Waals surface area contributed by atoms with E-state index in [9.17, 15) is 4.79 Å². The Bertz CT molecular complexity index is 1120. The van der Waals surface area contributed by atoms with Crippen LogP contribution in [0.4, 0.5) is 5.95 Å². The summed E-state index contributed by atoms with van der Waals surface area (Å²) in [5.41, 5.74) is 3.70. The first kappa shape index (κ1) is 17.9. The Labute approximate surface area is 173 Å². The molecule has 6 nitrogen and oxygen atoms in total. The van der Waals surface area contributed by atoms with Crippen molar-refractivity contribution in [2.24, 2.45) is 0 Å². The maximum Gasteiger partial charge on any atom is 0.226 e. The number of benzene rings is 2. The van der Waals surface area contributed by atoms with Crippen LogP contribution in [0.15, 0.2) is 66.1 Å². The van der Waals surface area contributed by atoms with Gasteiger partial charge >= 0.3 is 0 Å². The molecule has 1 aromatic heterocycles. The average Bonchev–Trinajstić information content (AvgIpc) is 3.20. The molecule has 0 amide bonds. The summed E-state index contributed by atoms with van der Waals surface area (Å²) in [4.78, 5) is 17.7. The molecular weight excluding hydrogens is 388 g/mol. The molecule has 0 unspecified atom stereocenters. The lowest BCUT2D eigenvalue weighted by molar-refractivity contribution is -0.116. The molecule has 2 atom stereocenters. The number of nitrogens with zero attached hydrogens (tertiary/aromatic N) is 3. The fourth-order valence-corrected chi connectivity index (χ4v) is 4.45. The monoisotopic (exact) mass is 406 g/mol. The zero-order chi connectivity index (χ0) is 20.0. The van der Waals surface area contributed by atoms with Gasteiger partial charge in [-0.15, -0.1) is 0 Å². The van der Waals surface area contributed by atoms with Crippen molar-refractivity contribution in [3.8, 4) is 5.75 Å². The van der Waals surface area contributed by atoms with Gasteiger partial charge in [0.15, 0.2) is 5.78 Å². The molecule has 146 valence electrons. The highest BCUT2D eigenvalue weighted by molar-refractivity contribution is 6.30. The van der Waals surface area contributed by atoms with Gasteiger partial charge in [-0.2, -0.15) is 10.1 Å². The van der Waals surface area contributed by atoms with Crippen LogP contribution in [-0.2, 0) is 4.79 Å². The summed E-state index contributed by atoms with van der Waals surface area (Å²) in [5.74, 6) is 1.66. The Morgan fingerprint density at radius 3 is 2.72 bits per heavy atom. The predicted octanol–water partition coefficient (Wildman–Crippen LogP) is 4.36. The van der Waals surface area contributed by atoms with Crippen LogP contribution in [0.2, 0.25) is 5.02 Å². The lowest BCUT2D eigenvalue weighted by Gasteiger charge is -2.35.